The molecular formula is C20H25N3O6S. The van der Waals surface area contributed by atoms with Gasteiger partial charge in [0.1, 0.15) is 22.7 Å². The lowest BCUT2D eigenvalue weighted by molar-refractivity contribution is -0.149. The minimum absolute atomic E-state index is 0.0405. The third kappa shape index (κ3) is 3.80. The number of hydrogen-bond acceptors (Lipinski definition) is 6. The summed E-state index contributed by atoms with van der Waals surface area (Å²) in [4.78, 5) is 52.3. The average molecular weight is 436 g/mol. The van der Waals surface area contributed by atoms with Crippen LogP contribution in [-0.4, -0.2) is 74.1 Å². The van der Waals surface area contributed by atoms with E-state index < -0.39 is 35.0 Å². The number of β-lactam (4-membered cyclic amide) rings is 1. The Kier molecular flexibility index (Phi) is 5.08. The zero-order valence-electron chi connectivity index (χ0n) is 17.1. The summed E-state index contributed by atoms with van der Waals surface area (Å²) >= 11 is 1.36. The van der Waals surface area contributed by atoms with Crippen LogP contribution in [0.3, 0.4) is 0 Å². The van der Waals surface area contributed by atoms with Crippen molar-refractivity contribution in [2.45, 2.75) is 63.1 Å². The van der Waals surface area contributed by atoms with E-state index in [0.717, 1.165) is 12.8 Å². The number of allylic oxidation sites excluding steroid dienone is 1. The number of rotatable bonds is 4. The predicted octanol–water partition coefficient (Wildman–Crippen LogP) is 1.45. The molecule has 3 heterocycles. The van der Waals surface area contributed by atoms with E-state index in [9.17, 15) is 24.3 Å². The predicted molar refractivity (Wildman–Crippen MR) is 108 cm³/mol. The lowest BCUT2D eigenvalue weighted by Crippen LogP contribution is -2.70. The highest BCUT2D eigenvalue weighted by Gasteiger charge is 2.54. The summed E-state index contributed by atoms with van der Waals surface area (Å²) in [6, 6.07) is -0.523. The molecule has 4 rings (SSSR count). The molecule has 2 saturated heterocycles. The van der Waals surface area contributed by atoms with Crippen LogP contribution in [0.1, 0.15) is 40.0 Å². The van der Waals surface area contributed by atoms with E-state index in [1.165, 1.54) is 16.7 Å². The standard InChI is InChI=1S/C20H25N3O6S/c1-20(2,3)29-19(28)21-13-16(25)23-14(18(26)27)11(9-30-17(13)23)8-10-6-7-22(15(10)24)12-4-5-12/h8,12-13,17H,4-7,9H2,1-3H3,(H,21,28)(H,26,27)/b10-8-/t13-,17-/m1/s1. The number of thioether (sulfide) groups is 1. The highest BCUT2D eigenvalue weighted by Crippen LogP contribution is 2.41. The smallest absolute Gasteiger partial charge is 0.408 e. The Labute approximate surface area is 178 Å². The van der Waals surface area contributed by atoms with Crippen LogP contribution in [0.4, 0.5) is 4.79 Å². The van der Waals surface area contributed by atoms with Gasteiger partial charge in [-0.25, -0.2) is 9.59 Å². The number of carbonyl (C=O) groups is 4. The van der Waals surface area contributed by atoms with E-state index in [0.29, 0.717) is 35.9 Å². The lowest BCUT2D eigenvalue weighted by Gasteiger charge is -2.49. The van der Waals surface area contributed by atoms with Gasteiger partial charge in [-0.1, -0.05) is 0 Å². The van der Waals surface area contributed by atoms with Crippen molar-refractivity contribution >= 4 is 35.6 Å². The molecule has 3 amide bonds. The van der Waals surface area contributed by atoms with Crippen molar-refractivity contribution in [1.29, 1.82) is 0 Å². The van der Waals surface area contributed by atoms with E-state index in [-0.39, 0.29) is 11.6 Å². The second-order valence-electron chi connectivity index (χ2n) is 8.86. The summed E-state index contributed by atoms with van der Waals surface area (Å²) in [7, 11) is 0. The Morgan fingerprint density at radius 2 is 1.97 bits per heavy atom. The minimum atomic E-state index is -1.22. The third-order valence-electron chi connectivity index (χ3n) is 5.37. The molecule has 0 aromatic carbocycles. The fraction of sp³-hybridized carbons (Fsp3) is 0.600. The fourth-order valence-electron chi connectivity index (χ4n) is 3.90. The van der Waals surface area contributed by atoms with Crippen LogP contribution in [0.15, 0.2) is 22.9 Å². The van der Waals surface area contributed by atoms with Gasteiger partial charge in [-0.15, -0.1) is 11.8 Å². The Morgan fingerprint density at radius 1 is 1.27 bits per heavy atom. The molecule has 2 atom stereocenters. The molecule has 0 spiro atoms. The number of likely N-dealkylation sites (tertiary alicyclic amines) is 1. The summed E-state index contributed by atoms with van der Waals surface area (Å²) < 4.78 is 5.19. The SMILES string of the molecule is CC(C)(C)OC(=O)N[C@@H]1C(=O)N2C(C(=O)O)=C(/C=C3/CCN(C4CC4)C3=O)CS[C@H]12. The topological polar surface area (TPSA) is 116 Å². The number of ether oxygens (including phenoxy) is 1. The molecule has 30 heavy (non-hydrogen) atoms. The van der Waals surface area contributed by atoms with Crippen molar-refractivity contribution in [3.05, 3.63) is 22.9 Å². The molecule has 0 aromatic heterocycles. The number of carboxylic acid groups (broad SMARTS) is 1. The van der Waals surface area contributed by atoms with Gasteiger partial charge in [0, 0.05) is 23.9 Å². The van der Waals surface area contributed by atoms with Crippen LogP contribution >= 0.6 is 11.8 Å². The van der Waals surface area contributed by atoms with E-state index in [1.807, 2.05) is 4.90 Å². The first-order valence-electron chi connectivity index (χ1n) is 9.99. The van der Waals surface area contributed by atoms with Crippen LogP contribution in [0, 0.1) is 0 Å². The van der Waals surface area contributed by atoms with Gasteiger partial charge in [-0.3, -0.25) is 14.5 Å². The quantitative estimate of drug-likeness (QED) is 0.507. The van der Waals surface area contributed by atoms with Gasteiger partial charge in [-0.05, 0) is 51.7 Å². The largest absolute Gasteiger partial charge is 0.477 e. The summed E-state index contributed by atoms with van der Waals surface area (Å²) in [5.74, 6) is -1.42. The number of nitrogens with one attached hydrogen (secondary N) is 1. The maximum absolute atomic E-state index is 12.7. The van der Waals surface area contributed by atoms with Crippen molar-refractivity contribution in [2.75, 3.05) is 12.3 Å². The second kappa shape index (κ2) is 7.33. The molecule has 3 aliphatic heterocycles. The number of alkyl carbamates (subject to hydrolysis) is 1. The van der Waals surface area contributed by atoms with Gasteiger partial charge in [0.25, 0.3) is 5.91 Å². The number of amides is 3. The number of fused-ring (bicyclic) bond motifs is 1. The molecule has 0 radical (unpaired) electrons. The summed E-state index contributed by atoms with van der Waals surface area (Å²) in [5, 5.41) is 11.8. The van der Waals surface area contributed by atoms with Gasteiger partial charge in [0.15, 0.2) is 0 Å². The van der Waals surface area contributed by atoms with Crippen molar-refractivity contribution in [3.63, 3.8) is 0 Å². The summed E-state index contributed by atoms with van der Waals surface area (Å²) in [6.07, 6.45) is 3.55. The Bertz CT molecular complexity index is 885. The monoisotopic (exact) mass is 435 g/mol. The molecule has 9 nitrogen and oxygen atoms in total. The van der Waals surface area contributed by atoms with Crippen molar-refractivity contribution in [3.8, 4) is 0 Å². The van der Waals surface area contributed by atoms with Crippen LogP contribution in [0.25, 0.3) is 0 Å². The molecule has 2 N–H and O–H groups in total. The molecular weight excluding hydrogens is 410 g/mol. The zero-order valence-corrected chi connectivity index (χ0v) is 18.0. The first-order chi connectivity index (χ1) is 14.1. The number of carboxylic acids is 1. The molecule has 0 unspecified atom stereocenters. The Hall–Kier alpha value is -2.49. The molecule has 0 bridgehead atoms. The molecule has 1 aliphatic carbocycles. The van der Waals surface area contributed by atoms with Gasteiger partial charge < -0.3 is 20.1 Å². The van der Waals surface area contributed by atoms with E-state index in [1.54, 1.807) is 26.8 Å². The molecule has 1 saturated carbocycles. The molecule has 4 aliphatic rings. The van der Waals surface area contributed by atoms with E-state index in [2.05, 4.69) is 5.32 Å². The molecule has 10 heteroatoms. The van der Waals surface area contributed by atoms with Crippen molar-refractivity contribution in [1.82, 2.24) is 15.1 Å². The molecule has 162 valence electrons. The van der Waals surface area contributed by atoms with Gasteiger partial charge in [0.05, 0.1) is 0 Å². The Morgan fingerprint density at radius 3 is 2.57 bits per heavy atom. The van der Waals surface area contributed by atoms with Crippen LogP contribution in [0.2, 0.25) is 0 Å². The van der Waals surface area contributed by atoms with E-state index in [4.69, 9.17) is 4.74 Å². The van der Waals surface area contributed by atoms with Gasteiger partial charge >= 0.3 is 12.1 Å². The second-order valence-corrected chi connectivity index (χ2v) is 9.97. The minimum Gasteiger partial charge on any atom is -0.477 e. The summed E-state index contributed by atoms with van der Waals surface area (Å²) in [6.45, 7) is 5.81. The van der Waals surface area contributed by atoms with Crippen molar-refractivity contribution in [2.24, 2.45) is 0 Å². The maximum atomic E-state index is 12.7. The highest BCUT2D eigenvalue weighted by molar-refractivity contribution is 8.00. The average Bonchev–Trinajstić information content (AvgIpc) is 3.42. The lowest BCUT2D eigenvalue weighted by atomic mass is 10.0. The zero-order chi connectivity index (χ0) is 21.8. The maximum Gasteiger partial charge on any atom is 0.408 e. The van der Waals surface area contributed by atoms with Gasteiger partial charge in [0.2, 0.25) is 5.91 Å². The Balaban J connectivity index is 1.52. The van der Waals surface area contributed by atoms with Crippen LogP contribution in [-0.2, 0) is 19.1 Å². The number of carbonyl (C=O) groups excluding carboxylic acids is 3. The molecule has 0 aromatic rings. The van der Waals surface area contributed by atoms with E-state index >= 15 is 0 Å². The van der Waals surface area contributed by atoms with Gasteiger partial charge in [-0.2, -0.15) is 0 Å². The highest BCUT2D eigenvalue weighted by atomic mass is 32.2. The third-order valence-corrected chi connectivity index (χ3v) is 6.67. The fourth-order valence-corrected chi connectivity index (χ4v) is 5.21. The van der Waals surface area contributed by atoms with Crippen LogP contribution in [0.5, 0.6) is 0 Å². The first-order valence-corrected chi connectivity index (χ1v) is 11.0. The van der Waals surface area contributed by atoms with Crippen molar-refractivity contribution < 1.29 is 29.0 Å². The number of hydrogen-bond donors (Lipinski definition) is 2. The number of aliphatic carboxylic acids is 1. The number of nitrogens with zero attached hydrogens (tertiary/aromatic N) is 2. The summed E-state index contributed by atoms with van der Waals surface area (Å²) in [5.41, 5.74) is 0.222. The normalized spacial score (nSPS) is 27.9. The first kappa shape index (κ1) is 20.8. The molecule has 3 fully saturated rings. The van der Waals surface area contributed by atoms with Crippen LogP contribution < -0.4 is 5.32 Å².